The second-order valence-electron chi connectivity index (χ2n) is 7.70. The van der Waals surface area contributed by atoms with Crippen LogP contribution in [-0.4, -0.2) is 60.5 Å². The van der Waals surface area contributed by atoms with Crippen LogP contribution in [0.1, 0.15) is 25.7 Å². The highest BCUT2D eigenvalue weighted by Gasteiger charge is 2.32. The molecule has 1 aromatic heterocycles. The van der Waals surface area contributed by atoms with Gasteiger partial charge in [-0.2, -0.15) is 4.98 Å². The second-order valence-corrected chi connectivity index (χ2v) is 7.70. The van der Waals surface area contributed by atoms with Crippen molar-refractivity contribution in [2.45, 2.75) is 31.7 Å². The number of primary amides is 1. The summed E-state index contributed by atoms with van der Waals surface area (Å²) in [5, 5.41) is 2.65. The first-order valence-electron chi connectivity index (χ1n) is 10.0. The van der Waals surface area contributed by atoms with Crippen molar-refractivity contribution in [2.75, 3.05) is 37.6 Å². The van der Waals surface area contributed by atoms with Crippen LogP contribution in [0, 0.1) is 5.92 Å². The molecule has 1 atom stereocenters. The maximum Gasteiger partial charge on any atom is 0.298 e. The molecule has 3 N–H and O–H groups in total. The monoisotopic (exact) mass is 385 g/mol. The largest absolute Gasteiger partial charge is 0.423 e. The fourth-order valence-corrected chi connectivity index (χ4v) is 4.29. The van der Waals surface area contributed by atoms with Gasteiger partial charge in [-0.25, -0.2) is 0 Å². The third-order valence-electron chi connectivity index (χ3n) is 5.79. The summed E-state index contributed by atoms with van der Waals surface area (Å²) in [7, 11) is 0. The van der Waals surface area contributed by atoms with Crippen molar-refractivity contribution in [1.29, 1.82) is 0 Å². The Hall–Kier alpha value is -2.61. The summed E-state index contributed by atoms with van der Waals surface area (Å²) in [5.41, 5.74) is 6.83. The normalized spacial score (nSPS) is 21.7. The number of fused-ring (bicyclic) bond motifs is 1. The molecule has 28 heavy (non-hydrogen) atoms. The van der Waals surface area contributed by atoms with E-state index >= 15 is 0 Å². The molecule has 4 rings (SSSR count). The second kappa shape index (κ2) is 8.18. The van der Waals surface area contributed by atoms with Crippen molar-refractivity contribution in [3.8, 4) is 0 Å². The minimum absolute atomic E-state index is 0.0626. The minimum atomic E-state index is -0.507. The molecule has 150 valence electrons. The van der Waals surface area contributed by atoms with Crippen LogP contribution < -0.4 is 16.0 Å². The van der Waals surface area contributed by atoms with E-state index in [4.69, 9.17) is 10.2 Å². The lowest BCUT2D eigenvalue weighted by atomic mass is 9.93. The SMILES string of the molecule is NC(=O)CNC(=O)C1CCCN(C2CCN(c3nc4ccccc4o3)CC2)C1. The Bertz CT molecular complexity index is 810. The smallest absolute Gasteiger partial charge is 0.298 e. The van der Waals surface area contributed by atoms with Gasteiger partial charge in [0.05, 0.1) is 12.5 Å². The van der Waals surface area contributed by atoms with E-state index in [0.29, 0.717) is 12.1 Å². The van der Waals surface area contributed by atoms with Crippen molar-refractivity contribution in [2.24, 2.45) is 11.7 Å². The van der Waals surface area contributed by atoms with Crippen LogP contribution in [0.2, 0.25) is 0 Å². The summed E-state index contributed by atoms with van der Waals surface area (Å²) >= 11 is 0. The topological polar surface area (TPSA) is 105 Å². The van der Waals surface area contributed by atoms with Crippen LogP contribution >= 0.6 is 0 Å². The minimum Gasteiger partial charge on any atom is -0.423 e. The summed E-state index contributed by atoms with van der Waals surface area (Å²) < 4.78 is 5.89. The highest BCUT2D eigenvalue weighted by Crippen LogP contribution is 2.28. The maximum absolute atomic E-state index is 12.3. The summed E-state index contributed by atoms with van der Waals surface area (Å²) in [6.45, 7) is 3.47. The number of nitrogens with two attached hydrogens (primary N) is 1. The van der Waals surface area contributed by atoms with E-state index in [0.717, 1.165) is 63.0 Å². The Morgan fingerprint density at radius 1 is 1.18 bits per heavy atom. The zero-order valence-corrected chi connectivity index (χ0v) is 16.0. The standard InChI is InChI=1S/C20H27N5O3/c21-18(26)12-22-19(27)14-4-3-9-25(13-14)15-7-10-24(11-8-15)20-23-16-5-1-2-6-17(16)28-20/h1-2,5-6,14-15H,3-4,7-13H2,(H2,21,26)(H,22,27). The average Bonchev–Trinajstić information content (AvgIpc) is 3.16. The Balaban J connectivity index is 1.31. The number of amides is 2. The number of hydrogen-bond acceptors (Lipinski definition) is 6. The molecular formula is C20H27N5O3. The van der Waals surface area contributed by atoms with E-state index in [-0.39, 0.29) is 18.4 Å². The number of nitrogens with zero attached hydrogens (tertiary/aromatic N) is 3. The highest BCUT2D eigenvalue weighted by atomic mass is 16.4. The van der Waals surface area contributed by atoms with E-state index in [1.807, 2.05) is 24.3 Å². The third kappa shape index (κ3) is 4.11. The van der Waals surface area contributed by atoms with Gasteiger partial charge in [-0.05, 0) is 44.4 Å². The number of rotatable bonds is 5. The van der Waals surface area contributed by atoms with Gasteiger partial charge in [-0.3, -0.25) is 14.5 Å². The molecule has 2 aromatic rings. The fourth-order valence-electron chi connectivity index (χ4n) is 4.29. The number of piperidine rings is 2. The Morgan fingerprint density at radius 2 is 1.96 bits per heavy atom. The molecule has 0 bridgehead atoms. The van der Waals surface area contributed by atoms with Gasteiger partial charge in [-0.1, -0.05) is 12.1 Å². The van der Waals surface area contributed by atoms with Gasteiger partial charge in [0.15, 0.2) is 5.58 Å². The molecule has 2 aliphatic rings. The number of para-hydroxylation sites is 2. The molecule has 0 radical (unpaired) electrons. The van der Waals surface area contributed by atoms with Crippen molar-refractivity contribution < 1.29 is 14.0 Å². The van der Waals surface area contributed by atoms with Crippen LogP contribution in [-0.2, 0) is 9.59 Å². The molecule has 0 spiro atoms. The quantitative estimate of drug-likeness (QED) is 0.799. The number of carbonyl (C=O) groups excluding carboxylic acids is 2. The number of oxazole rings is 1. The molecule has 2 saturated heterocycles. The number of likely N-dealkylation sites (tertiary alicyclic amines) is 1. The molecule has 8 heteroatoms. The molecule has 1 unspecified atom stereocenters. The Morgan fingerprint density at radius 3 is 2.71 bits per heavy atom. The molecule has 2 amide bonds. The van der Waals surface area contributed by atoms with Gasteiger partial charge < -0.3 is 20.4 Å². The number of anilines is 1. The van der Waals surface area contributed by atoms with Crippen LogP contribution in [0.4, 0.5) is 6.01 Å². The highest BCUT2D eigenvalue weighted by molar-refractivity contribution is 5.85. The summed E-state index contributed by atoms with van der Waals surface area (Å²) in [4.78, 5) is 32.4. The van der Waals surface area contributed by atoms with Gasteiger partial charge in [0.25, 0.3) is 6.01 Å². The predicted octanol–water partition coefficient (Wildman–Crippen LogP) is 1.11. The van der Waals surface area contributed by atoms with Crippen LogP contribution in [0.25, 0.3) is 11.1 Å². The maximum atomic E-state index is 12.3. The number of aromatic nitrogens is 1. The zero-order chi connectivity index (χ0) is 19.5. The molecule has 0 saturated carbocycles. The van der Waals surface area contributed by atoms with Gasteiger partial charge in [-0.15, -0.1) is 0 Å². The predicted molar refractivity (Wildman–Crippen MR) is 106 cm³/mol. The van der Waals surface area contributed by atoms with Gasteiger partial charge in [0.1, 0.15) is 5.52 Å². The number of nitrogens with one attached hydrogen (secondary N) is 1. The summed E-state index contributed by atoms with van der Waals surface area (Å²) in [5.74, 6) is -0.636. The molecule has 2 aliphatic heterocycles. The first kappa shape index (κ1) is 18.7. The lowest BCUT2D eigenvalue weighted by Crippen LogP contribution is -2.51. The molecule has 3 heterocycles. The van der Waals surface area contributed by atoms with E-state index in [1.165, 1.54) is 0 Å². The van der Waals surface area contributed by atoms with Crippen molar-refractivity contribution in [1.82, 2.24) is 15.2 Å². The van der Waals surface area contributed by atoms with Crippen LogP contribution in [0.5, 0.6) is 0 Å². The third-order valence-corrected chi connectivity index (χ3v) is 5.79. The average molecular weight is 385 g/mol. The van der Waals surface area contributed by atoms with E-state index in [2.05, 4.69) is 20.1 Å². The molecule has 0 aliphatic carbocycles. The van der Waals surface area contributed by atoms with Crippen molar-refractivity contribution >= 4 is 28.9 Å². The Labute approximate surface area is 164 Å². The Kier molecular flexibility index (Phi) is 5.47. The molecular weight excluding hydrogens is 358 g/mol. The number of hydrogen-bond donors (Lipinski definition) is 2. The van der Waals surface area contributed by atoms with Crippen LogP contribution in [0.3, 0.4) is 0 Å². The van der Waals surface area contributed by atoms with Gasteiger partial charge in [0.2, 0.25) is 11.8 Å². The fraction of sp³-hybridized carbons (Fsp3) is 0.550. The van der Waals surface area contributed by atoms with E-state index < -0.39 is 5.91 Å². The van der Waals surface area contributed by atoms with Gasteiger partial charge in [0, 0.05) is 25.7 Å². The molecule has 8 nitrogen and oxygen atoms in total. The van der Waals surface area contributed by atoms with Gasteiger partial charge >= 0.3 is 0 Å². The zero-order valence-electron chi connectivity index (χ0n) is 16.0. The number of benzene rings is 1. The number of carbonyl (C=O) groups is 2. The van der Waals surface area contributed by atoms with E-state index in [9.17, 15) is 9.59 Å². The summed E-state index contributed by atoms with van der Waals surface area (Å²) in [6.07, 6.45) is 3.91. The summed E-state index contributed by atoms with van der Waals surface area (Å²) in [6, 6.07) is 8.99. The first-order chi connectivity index (χ1) is 13.6. The van der Waals surface area contributed by atoms with Crippen molar-refractivity contribution in [3.63, 3.8) is 0 Å². The van der Waals surface area contributed by atoms with Crippen LogP contribution in [0.15, 0.2) is 28.7 Å². The lowest BCUT2D eigenvalue weighted by Gasteiger charge is -2.41. The first-order valence-corrected chi connectivity index (χ1v) is 10.0. The molecule has 1 aromatic carbocycles. The molecule has 2 fully saturated rings. The van der Waals surface area contributed by atoms with Crippen molar-refractivity contribution in [3.05, 3.63) is 24.3 Å². The van der Waals surface area contributed by atoms with E-state index in [1.54, 1.807) is 0 Å². The lowest BCUT2D eigenvalue weighted by molar-refractivity contribution is -0.129.